The van der Waals surface area contributed by atoms with Crippen LogP contribution in [0.15, 0.2) is 0 Å². The fourth-order valence-electron chi connectivity index (χ4n) is 6.42. The van der Waals surface area contributed by atoms with Crippen molar-refractivity contribution < 1.29 is 19.1 Å². The van der Waals surface area contributed by atoms with Gasteiger partial charge in [0.1, 0.15) is 11.7 Å². The van der Waals surface area contributed by atoms with Gasteiger partial charge in [-0.2, -0.15) is 0 Å². The highest BCUT2D eigenvalue weighted by atomic mass is 16.6. The highest BCUT2D eigenvalue weighted by Gasteiger charge is 2.18. The summed E-state index contributed by atoms with van der Waals surface area (Å²) in [4.78, 5) is 27.2. The third-order valence-electron chi connectivity index (χ3n) is 9.20. The maximum atomic E-state index is 12.8. The molecule has 0 bridgehead atoms. The monoisotopic (exact) mass is 667 g/mol. The molecule has 0 saturated heterocycles. The number of carbonyl (C=O) groups excluding carboxylic acids is 2. The average molecular weight is 667 g/mol. The number of esters is 2. The molecule has 0 aliphatic carbocycles. The van der Waals surface area contributed by atoms with Gasteiger partial charge in [-0.05, 0) is 104 Å². The number of nitrogens with zero attached hydrogens (tertiary/aromatic N) is 1. The second kappa shape index (κ2) is 32.1. The molecule has 47 heavy (non-hydrogen) atoms. The van der Waals surface area contributed by atoms with Crippen molar-refractivity contribution >= 4 is 11.9 Å². The number of nitrogens with two attached hydrogens (primary N) is 1. The molecule has 0 rings (SSSR count). The summed E-state index contributed by atoms with van der Waals surface area (Å²) < 4.78 is 11.5. The largest absolute Gasteiger partial charge is 0.462 e. The smallest absolute Gasteiger partial charge is 0.306 e. The van der Waals surface area contributed by atoms with E-state index in [-0.39, 0.29) is 23.6 Å². The van der Waals surface area contributed by atoms with Gasteiger partial charge in [0.15, 0.2) is 0 Å². The van der Waals surface area contributed by atoms with E-state index in [1.807, 2.05) is 20.8 Å². The van der Waals surface area contributed by atoms with E-state index in [1.165, 1.54) is 109 Å². The quantitative estimate of drug-likeness (QED) is 0.0543. The Morgan fingerprint density at radius 1 is 0.596 bits per heavy atom. The fraction of sp³-hybridized carbons (Fsp3) is 0.951. The molecule has 0 aromatic rings. The van der Waals surface area contributed by atoms with Crippen LogP contribution < -0.4 is 5.73 Å². The summed E-state index contributed by atoms with van der Waals surface area (Å²) in [6.07, 6.45) is 29.8. The van der Waals surface area contributed by atoms with Gasteiger partial charge < -0.3 is 20.1 Å². The maximum absolute atomic E-state index is 12.8. The molecular weight excluding hydrogens is 584 g/mol. The van der Waals surface area contributed by atoms with Crippen molar-refractivity contribution in [1.29, 1.82) is 0 Å². The third-order valence-corrected chi connectivity index (χ3v) is 9.20. The lowest BCUT2D eigenvalue weighted by Gasteiger charge is -2.22. The first-order valence-corrected chi connectivity index (χ1v) is 20.4. The zero-order valence-corrected chi connectivity index (χ0v) is 32.5. The molecule has 0 aromatic heterocycles. The van der Waals surface area contributed by atoms with Gasteiger partial charge in [0.25, 0.3) is 0 Å². The van der Waals surface area contributed by atoms with Crippen LogP contribution in [0.2, 0.25) is 0 Å². The molecule has 0 aliphatic heterocycles. The Hall–Kier alpha value is -1.14. The van der Waals surface area contributed by atoms with Crippen molar-refractivity contribution in [1.82, 2.24) is 4.90 Å². The van der Waals surface area contributed by atoms with Gasteiger partial charge in [-0.15, -0.1) is 0 Å². The van der Waals surface area contributed by atoms with Crippen LogP contribution in [0, 0.1) is 5.92 Å². The number of ether oxygens (including phenoxy) is 2. The van der Waals surface area contributed by atoms with Crippen LogP contribution in [0.25, 0.3) is 0 Å². The molecule has 0 saturated carbocycles. The number of rotatable bonds is 34. The minimum Gasteiger partial charge on any atom is -0.462 e. The third kappa shape index (κ3) is 33.1. The van der Waals surface area contributed by atoms with Gasteiger partial charge in [0.05, 0.1) is 0 Å². The van der Waals surface area contributed by atoms with E-state index >= 15 is 0 Å². The zero-order chi connectivity index (χ0) is 35.0. The molecule has 6 nitrogen and oxygen atoms in total. The van der Waals surface area contributed by atoms with E-state index in [0.29, 0.717) is 18.8 Å². The normalized spacial score (nSPS) is 13.2. The van der Waals surface area contributed by atoms with E-state index in [2.05, 4.69) is 25.7 Å². The Balaban J connectivity index is 4.22. The molecule has 1 unspecified atom stereocenters. The highest BCUT2D eigenvalue weighted by Crippen LogP contribution is 2.22. The molecule has 0 spiro atoms. The van der Waals surface area contributed by atoms with Gasteiger partial charge in [0, 0.05) is 12.8 Å². The number of carbonyl (C=O) groups is 2. The minimum atomic E-state index is -0.389. The van der Waals surface area contributed by atoms with Crippen molar-refractivity contribution in [2.75, 3.05) is 26.2 Å². The standard InChI is InChI=1S/C41H82N2O4/c1-7-9-11-13-16-22-29-38(36-37(3)28-21-12-10-8-2)46-39(44)30-23-17-14-19-25-33-43(35-27-32-42)34-26-20-15-18-24-31-40(45)47-41(4,5)6/h37-38H,7-36,42H2,1-6H3/t37-,38?/m1/s1. The average Bonchev–Trinajstić information content (AvgIpc) is 3.01. The van der Waals surface area contributed by atoms with Crippen LogP contribution in [-0.2, 0) is 19.1 Å². The second-order valence-corrected chi connectivity index (χ2v) is 15.5. The Morgan fingerprint density at radius 2 is 1.04 bits per heavy atom. The van der Waals surface area contributed by atoms with E-state index < -0.39 is 0 Å². The van der Waals surface area contributed by atoms with Crippen molar-refractivity contribution in [2.45, 2.75) is 220 Å². The first kappa shape index (κ1) is 45.9. The molecule has 280 valence electrons. The number of hydrogen-bond acceptors (Lipinski definition) is 6. The summed E-state index contributed by atoms with van der Waals surface area (Å²) in [5.74, 6) is 0.577. The molecule has 0 fully saturated rings. The first-order chi connectivity index (χ1) is 22.6. The predicted octanol–water partition coefficient (Wildman–Crippen LogP) is 11.3. The zero-order valence-electron chi connectivity index (χ0n) is 32.5. The van der Waals surface area contributed by atoms with Crippen LogP contribution >= 0.6 is 0 Å². The van der Waals surface area contributed by atoms with Crippen LogP contribution in [0.1, 0.15) is 208 Å². The van der Waals surface area contributed by atoms with Gasteiger partial charge >= 0.3 is 11.9 Å². The lowest BCUT2D eigenvalue weighted by molar-refractivity contribution is -0.155. The van der Waals surface area contributed by atoms with Gasteiger partial charge in [-0.3, -0.25) is 9.59 Å². The Morgan fingerprint density at radius 3 is 1.60 bits per heavy atom. The minimum absolute atomic E-state index is 0.0250. The summed E-state index contributed by atoms with van der Waals surface area (Å²) in [5.41, 5.74) is 5.42. The van der Waals surface area contributed by atoms with Crippen molar-refractivity contribution in [2.24, 2.45) is 11.7 Å². The van der Waals surface area contributed by atoms with Crippen molar-refractivity contribution in [3.63, 3.8) is 0 Å². The van der Waals surface area contributed by atoms with Gasteiger partial charge in [-0.25, -0.2) is 0 Å². The topological polar surface area (TPSA) is 81.9 Å². The summed E-state index contributed by atoms with van der Waals surface area (Å²) in [5, 5.41) is 0. The van der Waals surface area contributed by atoms with Gasteiger partial charge in [-0.1, -0.05) is 124 Å². The van der Waals surface area contributed by atoms with Crippen LogP contribution in [-0.4, -0.2) is 54.7 Å². The molecule has 0 aliphatic rings. The summed E-state index contributed by atoms with van der Waals surface area (Å²) in [6, 6.07) is 0. The summed E-state index contributed by atoms with van der Waals surface area (Å²) in [7, 11) is 0. The Bertz CT molecular complexity index is 708. The molecule has 0 heterocycles. The molecular formula is C41H82N2O4. The molecule has 0 amide bonds. The Kier molecular flexibility index (Phi) is 31.3. The van der Waals surface area contributed by atoms with E-state index in [4.69, 9.17) is 15.2 Å². The molecule has 6 heteroatoms. The maximum Gasteiger partial charge on any atom is 0.306 e. The van der Waals surface area contributed by atoms with Crippen molar-refractivity contribution in [3.8, 4) is 0 Å². The van der Waals surface area contributed by atoms with Crippen LogP contribution in [0.4, 0.5) is 0 Å². The predicted molar refractivity (Wildman–Crippen MR) is 202 cm³/mol. The van der Waals surface area contributed by atoms with Crippen molar-refractivity contribution in [3.05, 3.63) is 0 Å². The molecule has 0 aromatic carbocycles. The summed E-state index contributed by atoms with van der Waals surface area (Å²) >= 11 is 0. The second-order valence-electron chi connectivity index (χ2n) is 15.5. The Labute approximate surface area is 293 Å². The lowest BCUT2D eigenvalue weighted by Crippen LogP contribution is -2.28. The van der Waals surface area contributed by atoms with E-state index in [1.54, 1.807) is 0 Å². The molecule has 2 N–H and O–H groups in total. The highest BCUT2D eigenvalue weighted by molar-refractivity contribution is 5.70. The van der Waals surface area contributed by atoms with Gasteiger partial charge in [0.2, 0.25) is 0 Å². The lowest BCUT2D eigenvalue weighted by atomic mass is 9.94. The van der Waals surface area contributed by atoms with Crippen LogP contribution in [0.5, 0.6) is 0 Å². The summed E-state index contributed by atoms with van der Waals surface area (Å²) in [6.45, 7) is 16.7. The van der Waals surface area contributed by atoms with E-state index in [0.717, 1.165) is 71.1 Å². The van der Waals surface area contributed by atoms with E-state index in [9.17, 15) is 9.59 Å². The molecule has 0 radical (unpaired) electrons. The first-order valence-electron chi connectivity index (χ1n) is 20.4. The number of unbranched alkanes of at least 4 members (excludes halogenated alkanes) is 16. The molecule has 2 atom stereocenters. The van der Waals surface area contributed by atoms with Crippen LogP contribution in [0.3, 0.4) is 0 Å². The fourth-order valence-corrected chi connectivity index (χ4v) is 6.42. The SMILES string of the molecule is CCCCCCCCC(C[C@H](C)CCCCCC)OC(=O)CCCCCCCN(CCCN)CCCCCCCC(=O)OC(C)(C)C. The number of hydrogen-bond donors (Lipinski definition) is 1.